The van der Waals surface area contributed by atoms with Crippen LogP contribution >= 0.6 is 0 Å². The van der Waals surface area contributed by atoms with E-state index >= 15 is 0 Å². The molecule has 0 aliphatic carbocycles. The van der Waals surface area contributed by atoms with Crippen LogP contribution in [0.1, 0.15) is 12.0 Å². The molecule has 0 radical (unpaired) electrons. The Morgan fingerprint density at radius 3 is 2.00 bits per heavy atom. The van der Waals surface area contributed by atoms with E-state index in [4.69, 9.17) is 17.2 Å². The lowest BCUT2D eigenvalue weighted by Gasteiger charge is -2.12. The van der Waals surface area contributed by atoms with Crippen molar-refractivity contribution in [2.45, 2.75) is 12.8 Å². The van der Waals surface area contributed by atoms with Gasteiger partial charge in [-0.1, -0.05) is 36.4 Å². The standard InChI is InChI=1S/C22H24N4/c1-26-12-2-3-15-4-10-20(21(24)13-15)17-7-11-19(22(25)14-17)16-5-8-18(23)9-6-16/h4-11,13-14H,1-3,12,23-25H2. The predicted molar refractivity (Wildman–Crippen MR) is 113 cm³/mol. The van der Waals surface area contributed by atoms with Gasteiger partial charge in [-0.3, -0.25) is 0 Å². The number of benzene rings is 3. The van der Waals surface area contributed by atoms with Crippen LogP contribution in [-0.2, 0) is 6.42 Å². The summed E-state index contributed by atoms with van der Waals surface area (Å²) >= 11 is 0. The quantitative estimate of drug-likeness (QED) is 0.352. The molecular formula is C22H24N4. The second-order valence-corrected chi connectivity index (χ2v) is 6.40. The smallest absolute Gasteiger partial charge is 0.0399 e. The maximum absolute atomic E-state index is 6.30. The van der Waals surface area contributed by atoms with Crippen LogP contribution in [0, 0.1) is 0 Å². The van der Waals surface area contributed by atoms with Crippen molar-refractivity contribution in [1.82, 2.24) is 0 Å². The van der Waals surface area contributed by atoms with Gasteiger partial charge in [-0.05, 0) is 60.5 Å². The van der Waals surface area contributed by atoms with Gasteiger partial charge in [-0.25, -0.2) is 0 Å². The van der Waals surface area contributed by atoms with Crippen molar-refractivity contribution in [2.75, 3.05) is 23.7 Å². The highest BCUT2D eigenvalue weighted by atomic mass is 14.7. The molecule has 0 aliphatic heterocycles. The van der Waals surface area contributed by atoms with E-state index in [9.17, 15) is 0 Å². The Bertz CT molecular complexity index is 914. The minimum atomic E-state index is 0.716. The summed E-state index contributed by atoms with van der Waals surface area (Å²) in [5.74, 6) is 0. The van der Waals surface area contributed by atoms with Crippen LogP contribution in [0.2, 0.25) is 0 Å². The van der Waals surface area contributed by atoms with Gasteiger partial charge in [0.25, 0.3) is 0 Å². The lowest BCUT2D eigenvalue weighted by molar-refractivity contribution is 0.838. The zero-order valence-electron chi connectivity index (χ0n) is 14.8. The van der Waals surface area contributed by atoms with Gasteiger partial charge in [0.15, 0.2) is 0 Å². The number of rotatable bonds is 6. The second-order valence-electron chi connectivity index (χ2n) is 6.40. The normalized spacial score (nSPS) is 10.6. The van der Waals surface area contributed by atoms with E-state index in [2.05, 4.69) is 29.9 Å². The molecule has 132 valence electrons. The molecular weight excluding hydrogens is 320 g/mol. The Balaban J connectivity index is 1.87. The number of nitrogens with zero attached hydrogens (tertiary/aromatic N) is 1. The van der Waals surface area contributed by atoms with Gasteiger partial charge >= 0.3 is 0 Å². The zero-order valence-corrected chi connectivity index (χ0v) is 14.8. The van der Waals surface area contributed by atoms with Crippen molar-refractivity contribution in [2.24, 2.45) is 4.99 Å². The van der Waals surface area contributed by atoms with Gasteiger partial charge in [0.2, 0.25) is 0 Å². The molecule has 0 bridgehead atoms. The van der Waals surface area contributed by atoms with Crippen LogP contribution in [0.15, 0.2) is 65.7 Å². The molecule has 3 aromatic rings. The Labute approximate surface area is 154 Å². The third-order valence-corrected chi connectivity index (χ3v) is 4.48. The van der Waals surface area contributed by atoms with E-state index in [-0.39, 0.29) is 0 Å². The average molecular weight is 344 g/mol. The van der Waals surface area contributed by atoms with Gasteiger partial charge in [0, 0.05) is 34.7 Å². The van der Waals surface area contributed by atoms with Crippen molar-refractivity contribution < 1.29 is 0 Å². The van der Waals surface area contributed by atoms with Crippen molar-refractivity contribution in [3.8, 4) is 22.3 Å². The Hall–Kier alpha value is -3.27. The van der Waals surface area contributed by atoms with Crippen LogP contribution in [0.5, 0.6) is 0 Å². The zero-order chi connectivity index (χ0) is 18.5. The third kappa shape index (κ3) is 3.86. The number of aryl methyl sites for hydroxylation is 1. The number of nitrogens with two attached hydrogens (primary N) is 3. The minimum absolute atomic E-state index is 0.716. The fourth-order valence-electron chi connectivity index (χ4n) is 3.08. The summed E-state index contributed by atoms with van der Waals surface area (Å²) in [5.41, 5.74) is 25.8. The third-order valence-electron chi connectivity index (χ3n) is 4.48. The van der Waals surface area contributed by atoms with Crippen molar-refractivity contribution in [1.29, 1.82) is 0 Å². The van der Waals surface area contributed by atoms with Gasteiger partial charge in [-0.2, -0.15) is 0 Å². The molecule has 0 atom stereocenters. The first-order chi connectivity index (χ1) is 12.6. The maximum Gasteiger partial charge on any atom is 0.0399 e. The number of hydrogen-bond acceptors (Lipinski definition) is 4. The van der Waals surface area contributed by atoms with Gasteiger partial charge < -0.3 is 22.2 Å². The molecule has 0 saturated carbocycles. The number of hydrogen-bond donors (Lipinski definition) is 3. The van der Waals surface area contributed by atoms with Crippen molar-refractivity contribution >= 4 is 23.8 Å². The number of aliphatic imine (C=N–C) groups is 1. The predicted octanol–water partition coefficient (Wildman–Crippen LogP) is 4.40. The molecule has 4 nitrogen and oxygen atoms in total. The van der Waals surface area contributed by atoms with Crippen LogP contribution in [0.4, 0.5) is 17.1 Å². The van der Waals surface area contributed by atoms with E-state index < -0.39 is 0 Å². The van der Waals surface area contributed by atoms with Crippen molar-refractivity contribution in [3.05, 3.63) is 66.2 Å². The first-order valence-electron chi connectivity index (χ1n) is 8.65. The molecule has 0 heterocycles. The van der Waals surface area contributed by atoms with Crippen LogP contribution < -0.4 is 17.2 Å². The Kier molecular flexibility index (Phi) is 5.23. The molecule has 3 rings (SSSR count). The molecule has 0 fully saturated rings. The fraction of sp³-hybridized carbons (Fsp3) is 0.136. The van der Waals surface area contributed by atoms with Crippen LogP contribution in [-0.4, -0.2) is 13.3 Å². The van der Waals surface area contributed by atoms with Gasteiger partial charge in [0.05, 0.1) is 0 Å². The number of anilines is 3. The molecule has 0 saturated heterocycles. The molecule has 0 amide bonds. The van der Waals surface area contributed by atoms with E-state index in [1.54, 1.807) is 0 Å². The van der Waals surface area contributed by atoms with Gasteiger partial charge in [-0.15, -0.1) is 0 Å². The molecule has 0 spiro atoms. The lowest BCUT2D eigenvalue weighted by Crippen LogP contribution is -1.96. The highest BCUT2D eigenvalue weighted by Gasteiger charge is 2.08. The largest absolute Gasteiger partial charge is 0.399 e. The van der Waals surface area contributed by atoms with Crippen LogP contribution in [0.25, 0.3) is 22.3 Å². The first-order valence-corrected chi connectivity index (χ1v) is 8.65. The Morgan fingerprint density at radius 1 is 0.731 bits per heavy atom. The van der Waals surface area contributed by atoms with E-state index in [0.717, 1.165) is 53.0 Å². The summed E-state index contributed by atoms with van der Waals surface area (Å²) in [5, 5.41) is 0. The molecule has 3 aromatic carbocycles. The lowest BCUT2D eigenvalue weighted by atomic mass is 9.96. The summed E-state index contributed by atoms with van der Waals surface area (Å²) in [6.07, 6.45) is 1.92. The number of nitrogen functional groups attached to an aromatic ring is 3. The van der Waals surface area contributed by atoms with E-state index in [1.807, 2.05) is 42.5 Å². The SMILES string of the molecule is C=NCCCc1ccc(-c2ccc(-c3ccc(N)cc3)c(N)c2)c(N)c1. The summed E-state index contributed by atoms with van der Waals surface area (Å²) in [6.45, 7) is 4.28. The summed E-state index contributed by atoms with van der Waals surface area (Å²) in [6, 6.07) is 19.9. The summed E-state index contributed by atoms with van der Waals surface area (Å²) < 4.78 is 0. The molecule has 4 heteroatoms. The van der Waals surface area contributed by atoms with E-state index in [0.29, 0.717) is 5.69 Å². The first kappa shape index (κ1) is 17.5. The minimum Gasteiger partial charge on any atom is -0.399 e. The van der Waals surface area contributed by atoms with Gasteiger partial charge in [0.1, 0.15) is 0 Å². The monoisotopic (exact) mass is 344 g/mol. The molecule has 26 heavy (non-hydrogen) atoms. The molecule has 0 aromatic heterocycles. The molecule has 0 aliphatic rings. The Morgan fingerprint density at radius 2 is 1.35 bits per heavy atom. The van der Waals surface area contributed by atoms with Crippen LogP contribution in [0.3, 0.4) is 0 Å². The highest BCUT2D eigenvalue weighted by Crippen LogP contribution is 2.33. The fourth-order valence-corrected chi connectivity index (χ4v) is 3.08. The summed E-state index contributed by atoms with van der Waals surface area (Å²) in [7, 11) is 0. The molecule has 6 N–H and O–H groups in total. The highest BCUT2D eigenvalue weighted by molar-refractivity contribution is 5.85. The average Bonchev–Trinajstić information content (AvgIpc) is 2.63. The summed E-state index contributed by atoms with van der Waals surface area (Å²) in [4.78, 5) is 3.88. The molecule has 0 unspecified atom stereocenters. The van der Waals surface area contributed by atoms with Crippen molar-refractivity contribution in [3.63, 3.8) is 0 Å². The topological polar surface area (TPSA) is 90.4 Å². The maximum atomic E-state index is 6.30. The van der Waals surface area contributed by atoms with E-state index in [1.165, 1.54) is 5.56 Å². The second kappa shape index (κ2) is 7.74.